The second kappa shape index (κ2) is 4.93. The monoisotopic (exact) mass is 206 g/mol. The molecule has 1 rings (SSSR count). The van der Waals surface area contributed by atoms with Crippen molar-refractivity contribution >= 4 is 10.0 Å². The summed E-state index contributed by atoms with van der Waals surface area (Å²) < 4.78 is 25.2. The molecule has 13 heavy (non-hydrogen) atoms. The fourth-order valence-electron chi connectivity index (χ4n) is 1.08. The Bertz CT molecular complexity index is 235. The van der Waals surface area contributed by atoms with Gasteiger partial charge in [0.2, 0.25) is 10.0 Å². The molecule has 1 aliphatic carbocycles. The Hall–Kier alpha value is -0.130. The first-order chi connectivity index (χ1) is 6.17. The molecule has 0 unspecified atom stereocenters. The summed E-state index contributed by atoms with van der Waals surface area (Å²) in [5.41, 5.74) is 0. The second-order valence-corrected chi connectivity index (χ2v) is 5.43. The lowest BCUT2D eigenvalue weighted by Gasteiger charge is -2.05. The first-order valence-electron chi connectivity index (χ1n) is 4.86. The highest BCUT2D eigenvalue weighted by Gasteiger charge is 2.34. The average Bonchev–Trinajstić information content (AvgIpc) is 2.86. The van der Waals surface area contributed by atoms with Gasteiger partial charge in [-0.1, -0.05) is 6.92 Å². The average molecular weight is 206 g/mol. The van der Waals surface area contributed by atoms with Crippen molar-refractivity contribution in [3.63, 3.8) is 0 Å². The van der Waals surface area contributed by atoms with Gasteiger partial charge in [-0.05, 0) is 25.8 Å². The van der Waals surface area contributed by atoms with Crippen molar-refractivity contribution in [3.8, 4) is 0 Å². The van der Waals surface area contributed by atoms with Crippen LogP contribution in [0.4, 0.5) is 0 Å². The van der Waals surface area contributed by atoms with E-state index in [0.717, 1.165) is 32.4 Å². The molecular weight excluding hydrogens is 188 g/mol. The zero-order valence-corrected chi connectivity index (χ0v) is 8.86. The summed E-state index contributed by atoms with van der Waals surface area (Å²) in [6, 6.07) is 0. The van der Waals surface area contributed by atoms with Crippen LogP contribution in [0, 0.1) is 0 Å². The van der Waals surface area contributed by atoms with Crippen LogP contribution in [-0.4, -0.2) is 33.3 Å². The van der Waals surface area contributed by atoms with Gasteiger partial charge in [-0.25, -0.2) is 13.1 Å². The van der Waals surface area contributed by atoms with E-state index in [1.807, 2.05) is 0 Å². The fourth-order valence-corrected chi connectivity index (χ4v) is 2.46. The summed E-state index contributed by atoms with van der Waals surface area (Å²) in [7, 11) is -2.96. The summed E-state index contributed by atoms with van der Waals surface area (Å²) in [5.74, 6) is 0. The Morgan fingerprint density at radius 2 is 1.92 bits per heavy atom. The molecule has 0 saturated heterocycles. The van der Waals surface area contributed by atoms with E-state index in [9.17, 15) is 8.42 Å². The fraction of sp³-hybridized carbons (Fsp3) is 1.00. The van der Waals surface area contributed by atoms with Crippen molar-refractivity contribution in [2.75, 3.05) is 19.6 Å². The van der Waals surface area contributed by atoms with Gasteiger partial charge in [0.1, 0.15) is 0 Å². The largest absolute Gasteiger partial charge is 0.315 e. The molecule has 1 saturated carbocycles. The summed E-state index contributed by atoms with van der Waals surface area (Å²) in [4.78, 5) is 0. The van der Waals surface area contributed by atoms with Gasteiger partial charge >= 0.3 is 0 Å². The highest BCUT2D eigenvalue weighted by atomic mass is 32.2. The first-order valence-corrected chi connectivity index (χ1v) is 6.40. The number of sulfonamides is 1. The van der Waals surface area contributed by atoms with E-state index in [1.54, 1.807) is 0 Å². The third kappa shape index (κ3) is 4.06. The molecule has 78 valence electrons. The van der Waals surface area contributed by atoms with Crippen LogP contribution < -0.4 is 10.0 Å². The van der Waals surface area contributed by atoms with Gasteiger partial charge in [0.25, 0.3) is 0 Å². The highest BCUT2D eigenvalue weighted by molar-refractivity contribution is 7.90. The standard InChI is InChI=1S/C8H18N2O2S/c1-2-5-9-6-7-10-13(11,12)8-3-4-8/h8-10H,2-7H2,1H3. The molecule has 0 aromatic carbocycles. The molecule has 0 heterocycles. The molecule has 5 heteroatoms. The van der Waals surface area contributed by atoms with Crippen molar-refractivity contribution in [2.24, 2.45) is 0 Å². The Morgan fingerprint density at radius 3 is 2.46 bits per heavy atom. The summed E-state index contributed by atoms with van der Waals surface area (Å²) in [6.45, 7) is 4.27. The molecule has 0 aliphatic heterocycles. The van der Waals surface area contributed by atoms with Gasteiger partial charge < -0.3 is 5.32 Å². The molecule has 0 aromatic rings. The van der Waals surface area contributed by atoms with Crippen LogP contribution in [0.25, 0.3) is 0 Å². The normalized spacial score (nSPS) is 17.6. The van der Waals surface area contributed by atoms with Crippen molar-refractivity contribution in [2.45, 2.75) is 31.4 Å². The van der Waals surface area contributed by atoms with E-state index >= 15 is 0 Å². The van der Waals surface area contributed by atoms with Crippen LogP contribution in [-0.2, 0) is 10.0 Å². The smallest absolute Gasteiger partial charge is 0.214 e. The van der Waals surface area contributed by atoms with Gasteiger partial charge in [-0.3, -0.25) is 0 Å². The highest BCUT2D eigenvalue weighted by Crippen LogP contribution is 2.26. The maximum atomic E-state index is 11.3. The molecule has 0 bridgehead atoms. The Kier molecular flexibility index (Phi) is 4.15. The third-order valence-electron chi connectivity index (χ3n) is 2.00. The van der Waals surface area contributed by atoms with Crippen LogP contribution in [0.1, 0.15) is 26.2 Å². The summed E-state index contributed by atoms with van der Waals surface area (Å²) >= 11 is 0. The van der Waals surface area contributed by atoms with Crippen LogP contribution in [0.5, 0.6) is 0 Å². The summed E-state index contributed by atoms with van der Waals surface area (Å²) in [6.07, 6.45) is 2.74. The van der Waals surface area contributed by atoms with Crippen LogP contribution in [0.2, 0.25) is 0 Å². The van der Waals surface area contributed by atoms with Crippen LogP contribution in [0.15, 0.2) is 0 Å². The minimum absolute atomic E-state index is 0.0984. The topological polar surface area (TPSA) is 58.2 Å². The Morgan fingerprint density at radius 1 is 1.23 bits per heavy atom. The molecule has 1 fully saturated rings. The minimum atomic E-state index is -2.96. The Labute approximate surface area is 80.1 Å². The minimum Gasteiger partial charge on any atom is -0.315 e. The van der Waals surface area contributed by atoms with E-state index in [0.29, 0.717) is 6.54 Å². The zero-order chi connectivity index (χ0) is 9.73. The summed E-state index contributed by atoms with van der Waals surface area (Å²) in [5, 5.41) is 3.04. The number of rotatable bonds is 7. The molecule has 0 aromatic heterocycles. The first kappa shape index (κ1) is 10.9. The van der Waals surface area contributed by atoms with Crippen molar-refractivity contribution in [1.29, 1.82) is 0 Å². The van der Waals surface area contributed by atoms with E-state index in [-0.39, 0.29) is 5.25 Å². The SMILES string of the molecule is CCCNCCNS(=O)(=O)C1CC1. The number of nitrogens with one attached hydrogen (secondary N) is 2. The molecule has 1 aliphatic rings. The van der Waals surface area contributed by atoms with Gasteiger partial charge in [0.15, 0.2) is 0 Å². The maximum absolute atomic E-state index is 11.3. The predicted octanol–water partition coefficient (Wildman–Crippen LogP) is 0.0678. The van der Waals surface area contributed by atoms with Crippen molar-refractivity contribution in [1.82, 2.24) is 10.0 Å². The third-order valence-corrected chi connectivity index (χ3v) is 3.95. The molecule has 0 amide bonds. The number of hydrogen-bond donors (Lipinski definition) is 2. The van der Waals surface area contributed by atoms with E-state index in [4.69, 9.17) is 0 Å². The van der Waals surface area contributed by atoms with E-state index < -0.39 is 10.0 Å². The number of hydrogen-bond acceptors (Lipinski definition) is 3. The van der Waals surface area contributed by atoms with Crippen LogP contribution in [0.3, 0.4) is 0 Å². The van der Waals surface area contributed by atoms with Crippen LogP contribution >= 0.6 is 0 Å². The lowest BCUT2D eigenvalue weighted by Crippen LogP contribution is -2.34. The quantitative estimate of drug-likeness (QED) is 0.579. The molecular formula is C8H18N2O2S. The van der Waals surface area contributed by atoms with Gasteiger partial charge in [0, 0.05) is 13.1 Å². The molecule has 4 nitrogen and oxygen atoms in total. The predicted molar refractivity (Wildman–Crippen MR) is 53.1 cm³/mol. The second-order valence-electron chi connectivity index (χ2n) is 3.39. The van der Waals surface area contributed by atoms with Crippen molar-refractivity contribution in [3.05, 3.63) is 0 Å². The molecule has 0 atom stereocenters. The lowest BCUT2D eigenvalue weighted by molar-refractivity contribution is 0.574. The lowest BCUT2D eigenvalue weighted by atomic mass is 10.5. The van der Waals surface area contributed by atoms with E-state index in [1.165, 1.54) is 0 Å². The molecule has 2 N–H and O–H groups in total. The molecule has 0 spiro atoms. The maximum Gasteiger partial charge on any atom is 0.214 e. The van der Waals surface area contributed by atoms with Gasteiger partial charge in [-0.2, -0.15) is 0 Å². The van der Waals surface area contributed by atoms with Crippen molar-refractivity contribution < 1.29 is 8.42 Å². The Balaban J connectivity index is 2.04. The van der Waals surface area contributed by atoms with E-state index in [2.05, 4.69) is 17.0 Å². The molecule has 0 radical (unpaired) electrons. The zero-order valence-electron chi connectivity index (χ0n) is 8.04. The van der Waals surface area contributed by atoms with Gasteiger partial charge in [0.05, 0.1) is 5.25 Å². The van der Waals surface area contributed by atoms with Gasteiger partial charge in [-0.15, -0.1) is 0 Å².